The van der Waals surface area contributed by atoms with Crippen LogP contribution in [0, 0.1) is 18.3 Å². The molecule has 5 heterocycles. The van der Waals surface area contributed by atoms with E-state index in [0.717, 1.165) is 25.1 Å². The molecule has 0 bridgehead atoms. The van der Waals surface area contributed by atoms with E-state index in [1.54, 1.807) is 90.7 Å². The van der Waals surface area contributed by atoms with Crippen LogP contribution in [0.25, 0.3) is 26.3 Å². The lowest BCUT2D eigenvalue weighted by molar-refractivity contribution is -0.129. The smallest absolute Gasteiger partial charge is 0.352 e. The number of aromatic nitrogens is 5. The normalized spacial score (nSPS) is 22.6. The van der Waals surface area contributed by atoms with Gasteiger partial charge in [-0.2, -0.15) is 5.10 Å². The Labute approximate surface area is 299 Å². The summed E-state index contributed by atoms with van der Waals surface area (Å²) >= 11 is 7.86. The lowest BCUT2D eigenvalue weighted by atomic mass is 9.56. The van der Waals surface area contributed by atoms with Crippen LogP contribution in [0.15, 0.2) is 100 Å². The number of phenolic OH excluding ortho intramolecular Hbond substituents is 1. The fourth-order valence-corrected chi connectivity index (χ4v) is 9.90. The summed E-state index contributed by atoms with van der Waals surface area (Å²) in [5.74, 6) is -2.21. The zero-order chi connectivity index (χ0) is 35.5. The topological polar surface area (TPSA) is 124 Å². The minimum absolute atomic E-state index is 0.0250. The van der Waals surface area contributed by atoms with E-state index in [0.29, 0.717) is 33.4 Å². The largest absolute Gasteiger partial charge is 0.508 e. The van der Waals surface area contributed by atoms with Crippen molar-refractivity contribution in [2.45, 2.75) is 38.8 Å². The van der Waals surface area contributed by atoms with Gasteiger partial charge in [0.25, 0.3) is 0 Å². The van der Waals surface area contributed by atoms with E-state index < -0.39 is 46.5 Å². The third kappa shape index (κ3) is 4.26. The van der Waals surface area contributed by atoms with E-state index >= 15 is 0 Å². The molecule has 11 nitrogen and oxygen atoms in total. The number of para-hydroxylation sites is 2. The predicted molar refractivity (Wildman–Crippen MR) is 195 cm³/mol. The number of aromatic hydroxyl groups is 1. The molecule has 1 N–H and O–H groups in total. The molecule has 3 aliphatic rings. The Morgan fingerprint density at radius 1 is 0.961 bits per heavy atom. The summed E-state index contributed by atoms with van der Waals surface area (Å²) in [5, 5.41) is 17.7. The van der Waals surface area contributed by atoms with E-state index in [1.807, 2.05) is 31.2 Å². The fraction of sp³-hybridized carbons (Fsp3) is 0.237. The molecule has 1 saturated heterocycles. The number of rotatable bonds is 4. The third-order valence-electron chi connectivity index (χ3n) is 11.0. The van der Waals surface area contributed by atoms with E-state index in [2.05, 4.69) is 0 Å². The summed E-state index contributed by atoms with van der Waals surface area (Å²) in [6.07, 6.45) is 1.98. The van der Waals surface area contributed by atoms with Crippen molar-refractivity contribution in [2.24, 2.45) is 18.4 Å². The van der Waals surface area contributed by atoms with Crippen molar-refractivity contribution in [3.05, 3.63) is 128 Å². The SMILES string of the molecule is Cc1c(-c2cc(N3C(=O)[C@@H]4C[C@@H]5C(=CCn6c(=O)n(-c7ccccc7)c(=O)n65)[C@H](c5ccccc5O)[C@]4(C)C3=O)n(C)n2)sc2ccc(Cl)cc12. The van der Waals surface area contributed by atoms with Crippen LogP contribution in [0.5, 0.6) is 5.75 Å². The van der Waals surface area contributed by atoms with Gasteiger partial charge < -0.3 is 5.11 Å². The molecule has 13 heteroatoms. The molecule has 9 rings (SSSR count). The average molecular weight is 719 g/mol. The first-order valence-corrected chi connectivity index (χ1v) is 17.8. The fourth-order valence-electron chi connectivity index (χ4n) is 8.58. The number of phenols is 1. The minimum Gasteiger partial charge on any atom is -0.508 e. The monoisotopic (exact) mass is 718 g/mol. The molecule has 4 atom stereocenters. The highest BCUT2D eigenvalue weighted by atomic mass is 35.5. The van der Waals surface area contributed by atoms with E-state index in [9.17, 15) is 24.3 Å². The number of hydrogen-bond donors (Lipinski definition) is 1. The molecule has 256 valence electrons. The van der Waals surface area contributed by atoms with Gasteiger partial charge in [-0.3, -0.25) is 14.3 Å². The van der Waals surface area contributed by atoms with Crippen LogP contribution in [-0.4, -0.2) is 40.6 Å². The molecule has 1 saturated carbocycles. The summed E-state index contributed by atoms with van der Waals surface area (Å²) in [5.41, 5.74) is 0.865. The summed E-state index contributed by atoms with van der Waals surface area (Å²) in [7, 11) is 1.70. The molecule has 2 fully saturated rings. The number of carbonyl (C=O) groups is 2. The Morgan fingerprint density at radius 3 is 2.47 bits per heavy atom. The van der Waals surface area contributed by atoms with Gasteiger partial charge in [0.15, 0.2) is 0 Å². The Kier molecular flexibility index (Phi) is 6.81. The van der Waals surface area contributed by atoms with Gasteiger partial charge in [-0.15, -0.1) is 11.3 Å². The number of thiophene rings is 1. The predicted octanol–water partition coefficient (Wildman–Crippen LogP) is 5.95. The highest BCUT2D eigenvalue weighted by Gasteiger charge is 2.66. The van der Waals surface area contributed by atoms with E-state index in [1.165, 1.54) is 14.3 Å². The van der Waals surface area contributed by atoms with Crippen molar-refractivity contribution in [1.82, 2.24) is 23.7 Å². The maximum absolute atomic E-state index is 15.0. The molecule has 3 aromatic heterocycles. The van der Waals surface area contributed by atoms with Crippen LogP contribution >= 0.6 is 22.9 Å². The van der Waals surface area contributed by atoms with Crippen LogP contribution in [0.2, 0.25) is 5.02 Å². The zero-order valence-electron chi connectivity index (χ0n) is 27.8. The molecule has 6 aromatic rings. The first-order chi connectivity index (χ1) is 24.5. The molecule has 0 spiro atoms. The summed E-state index contributed by atoms with van der Waals surface area (Å²) in [4.78, 5) is 59.7. The average Bonchev–Trinajstić information content (AvgIpc) is 3.79. The van der Waals surface area contributed by atoms with Gasteiger partial charge >= 0.3 is 11.4 Å². The Bertz CT molecular complexity index is 2630. The van der Waals surface area contributed by atoms with Gasteiger partial charge in [-0.25, -0.2) is 28.4 Å². The first kappa shape index (κ1) is 31.5. The summed E-state index contributed by atoms with van der Waals surface area (Å²) < 4.78 is 6.54. The molecule has 2 amide bonds. The molecule has 51 heavy (non-hydrogen) atoms. The number of fused-ring (bicyclic) bond motifs is 5. The maximum Gasteiger partial charge on any atom is 0.352 e. The number of hydrogen-bond acceptors (Lipinski definition) is 7. The van der Waals surface area contributed by atoms with Gasteiger partial charge in [0.05, 0.1) is 34.5 Å². The second kappa shape index (κ2) is 11.0. The highest BCUT2D eigenvalue weighted by molar-refractivity contribution is 7.22. The minimum atomic E-state index is -1.33. The van der Waals surface area contributed by atoms with E-state index in [4.69, 9.17) is 16.7 Å². The van der Waals surface area contributed by atoms with E-state index in [-0.39, 0.29) is 18.7 Å². The molecule has 0 unspecified atom stereocenters. The summed E-state index contributed by atoms with van der Waals surface area (Å²) in [6.45, 7) is 3.86. The van der Waals surface area contributed by atoms with Crippen molar-refractivity contribution < 1.29 is 14.7 Å². The zero-order valence-corrected chi connectivity index (χ0v) is 29.4. The molecule has 1 aliphatic carbocycles. The van der Waals surface area contributed by atoms with Crippen molar-refractivity contribution in [2.75, 3.05) is 4.90 Å². The number of halogens is 1. The Balaban J connectivity index is 1.19. The Hall–Kier alpha value is -5.46. The Morgan fingerprint density at radius 2 is 1.71 bits per heavy atom. The number of anilines is 1. The van der Waals surface area contributed by atoms with Gasteiger partial charge in [-0.1, -0.05) is 54.1 Å². The number of imide groups is 1. The number of amides is 2. The number of carbonyl (C=O) groups excluding carboxylic acids is 2. The van der Waals surface area contributed by atoms with Crippen LogP contribution < -0.4 is 16.3 Å². The number of aryl methyl sites for hydroxylation is 2. The van der Waals surface area contributed by atoms with Crippen molar-refractivity contribution >= 4 is 50.7 Å². The molecular weight excluding hydrogens is 688 g/mol. The van der Waals surface area contributed by atoms with Gasteiger partial charge in [0.2, 0.25) is 11.8 Å². The number of benzene rings is 3. The lowest BCUT2D eigenvalue weighted by Crippen LogP contribution is -2.49. The van der Waals surface area contributed by atoms with Crippen LogP contribution in [-0.2, 0) is 23.2 Å². The van der Waals surface area contributed by atoms with Crippen molar-refractivity contribution in [3.63, 3.8) is 0 Å². The second-order valence-electron chi connectivity index (χ2n) is 13.6. The quantitative estimate of drug-likeness (QED) is 0.178. The molecule has 3 aromatic carbocycles. The van der Waals surface area contributed by atoms with Crippen LogP contribution in [0.3, 0.4) is 0 Å². The standard InChI is InChI=1S/C38H31ClN6O5S/c1-20-25-17-21(39)13-14-30(25)51-33(20)27-19-31(41(3)40-27)44-34(47)26-18-28-23(32(38(26,2)35(44)48)24-11-7-8-12-29(24)46)15-16-42-36(49)43(37(50)45(28)42)22-9-5-4-6-10-22/h4-15,17,19,26,28,32,46H,16,18H2,1-3H3/t26-,28+,32+,38+/m0/s1. The van der Waals surface area contributed by atoms with Gasteiger partial charge in [0, 0.05) is 34.3 Å². The maximum atomic E-state index is 15.0. The second-order valence-corrected chi connectivity index (χ2v) is 15.1. The molecular formula is C38H31ClN6O5S. The molecule has 2 aliphatic heterocycles. The summed E-state index contributed by atoms with van der Waals surface area (Å²) in [6, 6.07) is 22.3. The highest BCUT2D eigenvalue weighted by Crippen LogP contribution is 2.62. The van der Waals surface area contributed by atoms with Crippen molar-refractivity contribution in [1.29, 1.82) is 0 Å². The van der Waals surface area contributed by atoms with Gasteiger partial charge in [0.1, 0.15) is 17.3 Å². The van der Waals surface area contributed by atoms with Crippen LogP contribution in [0.1, 0.15) is 36.4 Å². The van der Waals surface area contributed by atoms with Gasteiger partial charge in [-0.05, 0) is 73.2 Å². The first-order valence-electron chi connectivity index (χ1n) is 16.6. The van der Waals surface area contributed by atoms with Crippen molar-refractivity contribution in [3.8, 4) is 22.0 Å². The van der Waals surface area contributed by atoms with Crippen LogP contribution in [0.4, 0.5) is 5.82 Å². The molecule has 0 radical (unpaired) electrons. The number of allylic oxidation sites excluding steroid dienone is 2. The lowest BCUT2D eigenvalue weighted by Gasteiger charge is -2.47. The number of nitrogens with zero attached hydrogens (tertiary/aromatic N) is 6. The third-order valence-corrected chi connectivity index (χ3v) is 12.5.